The van der Waals surface area contributed by atoms with E-state index in [1.54, 1.807) is 6.07 Å². The standard InChI is InChI=1S/C28H31N3O4S/c1-36(33,34)30-22-11-7-10-21(16-22)23-12-5-6-13-24(23)25-17-29-18-26(25)28(32)31-14-15-35-19-27(31)20-8-3-2-4-9-20/h2-13,16,25-27,29-30H,14-15,17-19H2,1H3/t25-,26+,27+/m0/s1. The molecule has 7 nitrogen and oxygen atoms in total. The average Bonchev–Trinajstić information content (AvgIpc) is 3.38. The number of hydrogen-bond donors (Lipinski definition) is 2. The van der Waals surface area contributed by atoms with E-state index in [0.29, 0.717) is 38.5 Å². The van der Waals surface area contributed by atoms with Gasteiger partial charge >= 0.3 is 0 Å². The van der Waals surface area contributed by atoms with Gasteiger partial charge in [-0.15, -0.1) is 0 Å². The summed E-state index contributed by atoms with van der Waals surface area (Å²) in [4.78, 5) is 16.0. The molecule has 3 atom stereocenters. The fourth-order valence-electron chi connectivity index (χ4n) is 5.34. The summed E-state index contributed by atoms with van der Waals surface area (Å²) in [6.07, 6.45) is 1.14. The van der Waals surface area contributed by atoms with Gasteiger partial charge in [-0.2, -0.15) is 0 Å². The third-order valence-electron chi connectivity index (χ3n) is 6.96. The summed E-state index contributed by atoms with van der Waals surface area (Å²) in [5.74, 6) is -0.0586. The van der Waals surface area contributed by atoms with Crippen LogP contribution in [0.5, 0.6) is 0 Å². The number of benzene rings is 3. The van der Waals surface area contributed by atoms with Crippen molar-refractivity contribution in [3.8, 4) is 11.1 Å². The van der Waals surface area contributed by atoms with Gasteiger partial charge in [0.1, 0.15) is 0 Å². The van der Waals surface area contributed by atoms with Crippen LogP contribution in [0.4, 0.5) is 5.69 Å². The van der Waals surface area contributed by atoms with Crippen LogP contribution in [-0.2, 0) is 19.6 Å². The fraction of sp³-hybridized carbons (Fsp3) is 0.321. The molecule has 3 aromatic rings. The lowest BCUT2D eigenvalue weighted by Crippen LogP contribution is -2.47. The highest BCUT2D eigenvalue weighted by Crippen LogP contribution is 2.38. The highest BCUT2D eigenvalue weighted by Gasteiger charge is 2.40. The van der Waals surface area contributed by atoms with E-state index < -0.39 is 10.0 Å². The van der Waals surface area contributed by atoms with Crippen molar-refractivity contribution in [2.45, 2.75) is 12.0 Å². The molecular formula is C28H31N3O4S. The Kier molecular flexibility index (Phi) is 7.09. The van der Waals surface area contributed by atoms with Crippen molar-refractivity contribution in [3.63, 3.8) is 0 Å². The van der Waals surface area contributed by atoms with Gasteiger partial charge in [0.05, 0.1) is 31.4 Å². The molecule has 36 heavy (non-hydrogen) atoms. The van der Waals surface area contributed by atoms with Crippen molar-refractivity contribution in [2.24, 2.45) is 5.92 Å². The Labute approximate surface area is 212 Å². The second kappa shape index (κ2) is 10.4. The summed E-state index contributed by atoms with van der Waals surface area (Å²) in [5.41, 5.74) is 4.60. The third-order valence-corrected chi connectivity index (χ3v) is 7.57. The Morgan fingerprint density at radius 3 is 2.58 bits per heavy atom. The van der Waals surface area contributed by atoms with E-state index in [1.165, 1.54) is 0 Å². The number of ether oxygens (including phenoxy) is 1. The molecule has 188 valence electrons. The molecule has 0 unspecified atom stereocenters. The van der Waals surface area contributed by atoms with Crippen LogP contribution >= 0.6 is 0 Å². The highest BCUT2D eigenvalue weighted by atomic mass is 32.2. The van der Waals surface area contributed by atoms with Gasteiger partial charge in [0.15, 0.2) is 0 Å². The number of carbonyl (C=O) groups is 1. The zero-order chi connectivity index (χ0) is 25.1. The summed E-state index contributed by atoms with van der Waals surface area (Å²) in [5, 5.41) is 3.45. The number of amides is 1. The third kappa shape index (κ3) is 5.31. The Morgan fingerprint density at radius 1 is 1.00 bits per heavy atom. The van der Waals surface area contributed by atoms with Crippen molar-refractivity contribution in [1.82, 2.24) is 10.2 Å². The Hall–Kier alpha value is -3.20. The van der Waals surface area contributed by atoms with Gasteiger partial charge in [-0.25, -0.2) is 8.42 Å². The fourth-order valence-corrected chi connectivity index (χ4v) is 5.90. The summed E-state index contributed by atoms with van der Waals surface area (Å²) < 4.78 is 31.8. The zero-order valence-electron chi connectivity index (χ0n) is 20.3. The molecule has 0 aromatic heterocycles. The van der Waals surface area contributed by atoms with E-state index >= 15 is 0 Å². The molecule has 1 amide bonds. The van der Waals surface area contributed by atoms with Gasteiger partial charge in [-0.3, -0.25) is 9.52 Å². The first-order valence-corrected chi connectivity index (χ1v) is 14.1. The van der Waals surface area contributed by atoms with Crippen molar-refractivity contribution < 1.29 is 17.9 Å². The largest absolute Gasteiger partial charge is 0.377 e. The van der Waals surface area contributed by atoms with E-state index in [2.05, 4.69) is 28.2 Å². The molecular weight excluding hydrogens is 474 g/mol. The molecule has 0 saturated carbocycles. The quantitative estimate of drug-likeness (QED) is 0.534. The van der Waals surface area contributed by atoms with Crippen LogP contribution in [-0.4, -0.2) is 58.3 Å². The van der Waals surface area contributed by atoms with E-state index in [4.69, 9.17) is 4.74 Å². The van der Waals surface area contributed by atoms with E-state index in [1.807, 2.05) is 59.5 Å². The molecule has 2 aliphatic rings. The van der Waals surface area contributed by atoms with Gasteiger partial charge in [0.25, 0.3) is 0 Å². The smallest absolute Gasteiger partial charge is 0.229 e. The molecule has 2 saturated heterocycles. The molecule has 5 rings (SSSR count). The number of hydrogen-bond acceptors (Lipinski definition) is 5. The minimum Gasteiger partial charge on any atom is -0.377 e. The van der Waals surface area contributed by atoms with Crippen molar-refractivity contribution in [3.05, 3.63) is 90.0 Å². The number of carbonyl (C=O) groups excluding carboxylic acids is 1. The minimum absolute atomic E-state index is 0.000471. The van der Waals surface area contributed by atoms with Crippen molar-refractivity contribution in [2.75, 3.05) is 43.8 Å². The maximum atomic E-state index is 14.0. The Morgan fingerprint density at radius 2 is 1.78 bits per heavy atom. The average molecular weight is 506 g/mol. The molecule has 0 aliphatic carbocycles. The first-order valence-electron chi connectivity index (χ1n) is 12.2. The minimum atomic E-state index is -3.38. The van der Waals surface area contributed by atoms with E-state index in [9.17, 15) is 13.2 Å². The first kappa shape index (κ1) is 24.5. The lowest BCUT2D eigenvalue weighted by atomic mass is 9.83. The first-order chi connectivity index (χ1) is 17.4. The summed E-state index contributed by atoms with van der Waals surface area (Å²) >= 11 is 0. The van der Waals surface area contributed by atoms with Crippen molar-refractivity contribution >= 4 is 21.6 Å². The summed E-state index contributed by atoms with van der Waals surface area (Å²) in [7, 11) is -3.38. The van der Waals surface area contributed by atoms with E-state index in [-0.39, 0.29) is 23.8 Å². The number of nitrogens with zero attached hydrogens (tertiary/aromatic N) is 1. The lowest BCUT2D eigenvalue weighted by molar-refractivity contribution is -0.144. The normalized spacial score (nSPS) is 22.4. The molecule has 8 heteroatoms. The molecule has 2 aliphatic heterocycles. The Bertz CT molecular complexity index is 1330. The van der Waals surface area contributed by atoms with Gasteiger partial charge in [0, 0.05) is 31.2 Å². The molecule has 0 spiro atoms. The number of morpholine rings is 1. The molecule has 0 radical (unpaired) electrons. The molecule has 2 heterocycles. The zero-order valence-corrected chi connectivity index (χ0v) is 21.1. The van der Waals surface area contributed by atoms with Crippen LogP contribution in [0.25, 0.3) is 11.1 Å². The van der Waals surface area contributed by atoms with Crippen LogP contribution in [0.2, 0.25) is 0 Å². The number of sulfonamides is 1. The lowest BCUT2D eigenvalue weighted by Gasteiger charge is -2.38. The SMILES string of the molecule is CS(=O)(=O)Nc1cccc(-c2ccccc2[C@@H]2CNC[C@H]2C(=O)N2CCOC[C@@H]2c2ccccc2)c1. The van der Waals surface area contributed by atoms with E-state index in [0.717, 1.165) is 28.5 Å². The van der Waals surface area contributed by atoms with Crippen LogP contribution in [0.3, 0.4) is 0 Å². The van der Waals surface area contributed by atoms with Crippen LogP contribution in [0.15, 0.2) is 78.9 Å². The van der Waals surface area contributed by atoms with Crippen molar-refractivity contribution in [1.29, 1.82) is 0 Å². The second-order valence-electron chi connectivity index (χ2n) is 9.45. The molecule has 2 N–H and O–H groups in total. The number of anilines is 1. The summed E-state index contributed by atoms with van der Waals surface area (Å²) in [6.45, 7) is 2.93. The predicted octanol–water partition coefficient (Wildman–Crippen LogP) is 3.63. The molecule has 2 fully saturated rings. The highest BCUT2D eigenvalue weighted by molar-refractivity contribution is 7.92. The number of rotatable bonds is 6. The maximum Gasteiger partial charge on any atom is 0.229 e. The van der Waals surface area contributed by atoms with Crippen LogP contribution in [0.1, 0.15) is 23.1 Å². The van der Waals surface area contributed by atoms with Gasteiger partial charge in [-0.05, 0) is 34.4 Å². The van der Waals surface area contributed by atoms with Crippen LogP contribution < -0.4 is 10.0 Å². The monoisotopic (exact) mass is 505 g/mol. The van der Waals surface area contributed by atoms with Gasteiger partial charge in [-0.1, -0.05) is 66.7 Å². The maximum absolute atomic E-state index is 14.0. The topological polar surface area (TPSA) is 87.7 Å². The summed E-state index contributed by atoms with van der Waals surface area (Å²) in [6, 6.07) is 25.5. The molecule has 3 aromatic carbocycles. The predicted molar refractivity (Wildman–Crippen MR) is 141 cm³/mol. The molecule has 0 bridgehead atoms. The second-order valence-corrected chi connectivity index (χ2v) is 11.2. The van der Waals surface area contributed by atoms with Crippen LogP contribution in [0, 0.1) is 5.92 Å². The number of nitrogens with one attached hydrogen (secondary N) is 2. The van der Waals surface area contributed by atoms with Gasteiger partial charge in [0.2, 0.25) is 15.9 Å². The Balaban J connectivity index is 1.45. The van der Waals surface area contributed by atoms with Gasteiger partial charge < -0.3 is 15.0 Å².